The molecule has 112 valence electrons. The maximum absolute atomic E-state index is 12.6. The summed E-state index contributed by atoms with van der Waals surface area (Å²) in [5, 5.41) is 9.13. The summed E-state index contributed by atoms with van der Waals surface area (Å²) in [7, 11) is 0. The molecule has 5 heteroatoms. The third-order valence-corrected chi connectivity index (χ3v) is 4.44. The highest BCUT2D eigenvalue weighted by molar-refractivity contribution is 5.77. The van der Waals surface area contributed by atoms with E-state index in [0.717, 1.165) is 12.8 Å². The molecule has 1 aromatic rings. The highest BCUT2D eigenvalue weighted by Crippen LogP contribution is 2.22. The quantitative estimate of drug-likeness (QED) is 0.859. The summed E-state index contributed by atoms with van der Waals surface area (Å²) in [6.07, 6.45) is 2.31. The van der Waals surface area contributed by atoms with Crippen molar-refractivity contribution in [2.45, 2.75) is 25.8 Å². The number of fused-ring (bicyclic) bond motifs is 1. The van der Waals surface area contributed by atoms with Crippen LogP contribution in [0.3, 0.4) is 0 Å². The van der Waals surface area contributed by atoms with Crippen molar-refractivity contribution in [1.29, 1.82) is 0 Å². The van der Waals surface area contributed by atoms with Gasteiger partial charge in [0, 0.05) is 26.2 Å². The number of aliphatic carboxylic acids is 1. The lowest BCUT2D eigenvalue weighted by Gasteiger charge is -2.37. The van der Waals surface area contributed by atoms with Crippen LogP contribution in [0.4, 0.5) is 4.79 Å². The van der Waals surface area contributed by atoms with Gasteiger partial charge in [-0.2, -0.15) is 0 Å². The topological polar surface area (TPSA) is 60.9 Å². The van der Waals surface area contributed by atoms with Gasteiger partial charge in [-0.3, -0.25) is 4.79 Å². The van der Waals surface area contributed by atoms with Gasteiger partial charge in [-0.05, 0) is 30.4 Å². The van der Waals surface area contributed by atoms with Crippen LogP contribution in [0, 0.1) is 5.92 Å². The molecule has 5 nitrogen and oxygen atoms in total. The standard InChI is InChI=1S/C16H20N2O3/c19-15(20)14-6-3-8-17(11-14)16(21)18-9-7-12-4-1-2-5-13(12)10-18/h1-2,4-5,14H,3,6-11H2,(H,19,20)/t14-/m0/s1. The minimum atomic E-state index is -0.795. The van der Waals surface area contributed by atoms with Gasteiger partial charge in [-0.1, -0.05) is 24.3 Å². The van der Waals surface area contributed by atoms with Gasteiger partial charge in [-0.25, -0.2) is 4.79 Å². The fraction of sp³-hybridized carbons (Fsp3) is 0.500. The first kappa shape index (κ1) is 13.9. The number of nitrogens with zero attached hydrogens (tertiary/aromatic N) is 2. The number of rotatable bonds is 1. The van der Waals surface area contributed by atoms with Crippen LogP contribution in [0.5, 0.6) is 0 Å². The first-order valence-corrected chi connectivity index (χ1v) is 7.48. The van der Waals surface area contributed by atoms with Crippen molar-refractivity contribution in [2.24, 2.45) is 5.92 Å². The molecule has 0 aromatic heterocycles. The van der Waals surface area contributed by atoms with Crippen LogP contribution < -0.4 is 0 Å². The molecule has 1 atom stereocenters. The molecule has 0 unspecified atom stereocenters. The van der Waals surface area contributed by atoms with Crippen LogP contribution in [0.2, 0.25) is 0 Å². The molecule has 2 heterocycles. The molecular weight excluding hydrogens is 268 g/mol. The number of hydrogen-bond donors (Lipinski definition) is 1. The van der Waals surface area contributed by atoms with E-state index in [-0.39, 0.29) is 6.03 Å². The van der Waals surface area contributed by atoms with Crippen LogP contribution >= 0.6 is 0 Å². The molecular formula is C16H20N2O3. The van der Waals surface area contributed by atoms with E-state index in [9.17, 15) is 9.59 Å². The Labute approximate surface area is 124 Å². The Morgan fingerprint density at radius 2 is 1.86 bits per heavy atom. The molecule has 0 radical (unpaired) electrons. The Balaban J connectivity index is 1.67. The molecule has 3 rings (SSSR count). The van der Waals surface area contributed by atoms with E-state index in [1.165, 1.54) is 11.1 Å². The van der Waals surface area contributed by atoms with Gasteiger partial charge < -0.3 is 14.9 Å². The number of carbonyl (C=O) groups excluding carboxylic acids is 1. The zero-order chi connectivity index (χ0) is 14.8. The second-order valence-corrected chi connectivity index (χ2v) is 5.85. The van der Waals surface area contributed by atoms with Crippen molar-refractivity contribution in [3.63, 3.8) is 0 Å². The average Bonchev–Trinajstić information content (AvgIpc) is 2.53. The monoisotopic (exact) mass is 288 g/mol. The Hall–Kier alpha value is -2.04. The van der Waals surface area contributed by atoms with E-state index < -0.39 is 11.9 Å². The summed E-state index contributed by atoms with van der Waals surface area (Å²) in [6, 6.07) is 8.17. The third kappa shape index (κ3) is 2.86. The molecule has 21 heavy (non-hydrogen) atoms. The lowest BCUT2D eigenvalue weighted by Crippen LogP contribution is -2.49. The second kappa shape index (κ2) is 5.76. The zero-order valence-corrected chi connectivity index (χ0v) is 12.0. The fourth-order valence-corrected chi connectivity index (χ4v) is 3.21. The summed E-state index contributed by atoms with van der Waals surface area (Å²) in [4.78, 5) is 27.2. The minimum Gasteiger partial charge on any atom is -0.481 e. The van der Waals surface area contributed by atoms with Crippen molar-refractivity contribution in [1.82, 2.24) is 9.80 Å². The van der Waals surface area contributed by atoms with Gasteiger partial charge in [0.1, 0.15) is 0 Å². The van der Waals surface area contributed by atoms with Gasteiger partial charge in [0.25, 0.3) is 0 Å². The molecule has 1 saturated heterocycles. The van der Waals surface area contributed by atoms with Crippen molar-refractivity contribution >= 4 is 12.0 Å². The van der Waals surface area contributed by atoms with Crippen LogP contribution in [0.15, 0.2) is 24.3 Å². The molecule has 1 fully saturated rings. The maximum atomic E-state index is 12.6. The molecule has 0 bridgehead atoms. The summed E-state index contributed by atoms with van der Waals surface area (Å²) in [6.45, 7) is 2.35. The third-order valence-electron chi connectivity index (χ3n) is 4.44. The highest BCUT2D eigenvalue weighted by atomic mass is 16.4. The highest BCUT2D eigenvalue weighted by Gasteiger charge is 2.31. The zero-order valence-electron chi connectivity index (χ0n) is 12.0. The van der Waals surface area contributed by atoms with Gasteiger partial charge in [0.05, 0.1) is 5.92 Å². The molecule has 1 N–H and O–H groups in total. The number of hydrogen-bond acceptors (Lipinski definition) is 2. The smallest absolute Gasteiger partial charge is 0.320 e. The molecule has 0 spiro atoms. The van der Waals surface area contributed by atoms with Crippen LogP contribution in [0.1, 0.15) is 24.0 Å². The molecule has 0 aliphatic carbocycles. The predicted octanol–water partition coefficient (Wildman–Crippen LogP) is 1.96. The van der Waals surface area contributed by atoms with Crippen LogP contribution in [-0.4, -0.2) is 46.5 Å². The van der Waals surface area contributed by atoms with Crippen molar-refractivity contribution < 1.29 is 14.7 Å². The Kier molecular flexibility index (Phi) is 3.82. The van der Waals surface area contributed by atoms with E-state index in [0.29, 0.717) is 32.6 Å². The van der Waals surface area contributed by atoms with Gasteiger partial charge >= 0.3 is 12.0 Å². The summed E-state index contributed by atoms with van der Waals surface area (Å²) in [5.74, 6) is -1.21. The van der Waals surface area contributed by atoms with Crippen molar-refractivity contribution in [3.05, 3.63) is 35.4 Å². The van der Waals surface area contributed by atoms with Gasteiger partial charge in [-0.15, -0.1) is 0 Å². The van der Waals surface area contributed by atoms with E-state index in [1.807, 2.05) is 17.0 Å². The van der Waals surface area contributed by atoms with E-state index in [1.54, 1.807) is 4.90 Å². The normalized spacial score (nSPS) is 21.8. The number of carboxylic acid groups (broad SMARTS) is 1. The molecule has 2 aliphatic heterocycles. The minimum absolute atomic E-state index is 0.0181. The largest absolute Gasteiger partial charge is 0.481 e. The average molecular weight is 288 g/mol. The van der Waals surface area contributed by atoms with Gasteiger partial charge in [0.2, 0.25) is 0 Å². The molecule has 2 aliphatic rings. The summed E-state index contributed by atoms with van der Waals surface area (Å²) >= 11 is 0. The number of carboxylic acids is 1. The lowest BCUT2D eigenvalue weighted by molar-refractivity contribution is -0.143. The molecule has 0 saturated carbocycles. The lowest BCUT2D eigenvalue weighted by atomic mass is 9.98. The number of benzene rings is 1. The number of likely N-dealkylation sites (tertiary alicyclic amines) is 1. The van der Waals surface area contributed by atoms with E-state index >= 15 is 0 Å². The van der Waals surface area contributed by atoms with E-state index in [4.69, 9.17) is 5.11 Å². The summed E-state index contributed by atoms with van der Waals surface area (Å²) in [5.41, 5.74) is 2.51. The van der Waals surface area contributed by atoms with Gasteiger partial charge in [0.15, 0.2) is 0 Å². The Bertz CT molecular complexity index is 558. The number of amides is 2. The maximum Gasteiger partial charge on any atom is 0.320 e. The predicted molar refractivity (Wildman–Crippen MR) is 77.9 cm³/mol. The first-order chi connectivity index (χ1) is 10.1. The number of urea groups is 1. The Morgan fingerprint density at radius 1 is 1.10 bits per heavy atom. The summed E-state index contributed by atoms with van der Waals surface area (Å²) < 4.78 is 0. The van der Waals surface area contributed by atoms with E-state index in [2.05, 4.69) is 12.1 Å². The van der Waals surface area contributed by atoms with Crippen molar-refractivity contribution in [2.75, 3.05) is 19.6 Å². The molecule has 1 aromatic carbocycles. The van der Waals surface area contributed by atoms with Crippen LogP contribution in [-0.2, 0) is 17.8 Å². The number of carbonyl (C=O) groups is 2. The second-order valence-electron chi connectivity index (χ2n) is 5.85. The number of piperidine rings is 1. The van der Waals surface area contributed by atoms with Crippen molar-refractivity contribution in [3.8, 4) is 0 Å². The SMILES string of the molecule is O=C(O)[C@H]1CCCN(C(=O)N2CCc3ccccc3C2)C1. The molecule has 2 amide bonds. The first-order valence-electron chi connectivity index (χ1n) is 7.48. The van der Waals surface area contributed by atoms with Crippen LogP contribution in [0.25, 0.3) is 0 Å². The fourth-order valence-electron chi connectivity index (χ4n) is 3.21. The Morgan fingerprint density at radius 3 is 2.62 bits per heavy atom.